The summed E-state index contributed by atoms with van der Waals surface area (Å²) in [4.78, 5) is 21.1. The van der Waals surface area contributed by atoms with Crippen LogP contribution in [-0.2, 0) is 0 Å². The van der Waals surface area contributed by atoms with Crippen LogP contribution in [0.2, 0.25) is 0 Å². The van der Waals surface area contributed by atoms with Crippen molar-refractivity contribution in [1.82, 2.24) is 0 Å². The molecule has 0 fully saturated rings. The molecule has 17 heavy (non-hydrogen) atoms. The number of hydrogen-bond acceptors (Lipinski definition) is 4. The van der Waals surface area contributed by atoms with Crippen LogP contribution in [0.25, 0.3) is 0 Å². The number of nitro groups is 1. The second-order valence-electron chi connectivity index (χ2n) is 3.29. The third kappa shape index (κ3) is 2.72. The monoisotopic (exact) mass is 234 g/mol. The Labute approximate surface area is 97.4 Å². The predicted molar refractivity (Wildman–Crippen MR) is 62.0 cm³/mol. The SMILES string of the molecule is C#CC(C)Nc1c(C(=O)O)cccc1[N+](=O)[O-]. The molecule has 0 spiro atoms. The molecule has 6 heteroatoms. The number of hydrogen-bond donors (Lipinski definition) is 2. The van der Waals surface area contributed by atoms with Gasteiger partial charge in [0.2, 0.25) is 0 Å². The van der Waals surface area contributed by atoms with E-state index < -0.39 is 16.9 Å². The van der Waals surface area contributed by atoms with Gasteiger partial charge in [-0.2, -0.15) is 0 Å². The fourth-order valence-electron chi connectivity index (χ4n) is 1.28. The normalized spacial score (nSPS) is 11.3. The number of benzene rings is 1. The minimum Gasteiger partial charge on any atom is -0.478 e. The van der Waals surface area contributed by atoms with Gasteiger partial charge >= 0.3 is 5.97 Å². The van der Waals surface area contributed by atoms with E-state index in [4.69, 9.17) is 11.5 Å². The van der Waals surface area contributed by atoms with Crippen LogP contribution in [0.3, 0.4) is 0 Å². The lowest BCUT2D eigenvalue weighted by molar-refractivity contribution is -0.384. The number of nitrogens with zero attached hydrogens (tertiary/aromatic N) is 1. The van der Waals surface area contributed by atoms with Gasteiger partial charge in [0.25, 0.3) is 5.69 Å². The first kappa shape index (κ1) is 12.5. The topological polar surface area (TPSA) is 92.5 Å². The van der Waals surface area contributed by atoms with Crippen molar-refractivity contribution in [2.24, 2.45) is 0 Å². The Morgan fingerprint density at radius 1 is 1.65 bits per heavy atom. The van der Waals surface area contributed by atoms with Gasteiger partial charge in [-0.05, 0) is 13.0 Å². The molecule has 0 heterocycles. The molecule has 0 aliphatic rings. The van der Waals surface area contributed by atoms with Crippen LogP contribution in [0.1, 0.15) is 17.3 Å². The molecule has 0 saturated heterocycles. The number of aromatic carboxylic acids is 1. The number of anilines is 1. The molecular weight excluding hydrogens is 224 g/mol. The van der Waals surface area contributed by atoms with E-state index in [9.17, 15) is 14.9 Å². The van der Waals surface area contributed by atoms with Gasteiger partial charge < -0.3 is 10.4 Å². The average molecular weight is 234 g/mol. The van der Waals surface area contributed by atoms with Gasteiger partial charge in [-0.1, -0.05) is 12.0 Å². The number of carbonyl (C=O) groups is 1. The summed E-state index contributed by atoms with van der Waals surface area (Å²) in [7, 11) is 0. The van der Waals surface area contributed by atoms with E-state index in [1.54, 1.807) is 6.92 Å². The molecule has 1 unspecified atom stereocenters. The number of carboxylic acids is 1. The molecule has 0 aliphatic carbocycles. The van der Waals surface area contributed by atoms with Gasteiger partial charge in [0.05, 0.1) is 16.5 Å². The third-order valence-corrected chi connectivity index (χ3v) is 2.08. The van der Waals surface area contributed by atoms with E-state index >= 15 is 0 Å². The molecule has 88 valence electrons. The second-order valence-corrected chi connectivity index (χ2v) is 3.29. The summed E-state index contributed by atoms with van der Waals surface area (Å²) in [6.45, 7) is 1.60. The van der Waals surface area contributed by atoms with Crippen LogP contribution in [0.4, 0.5) is 11.4 Å². The van der Waals surface area contributed by atoms with Crippen molar-refractivity contribution in [3.63, 3.8) is 0 Å². The summed E-state index contributed by atoms with van der Waals surface area (Å²) >= 11 is 0. The number of carboxylic acid groups (broad SMARTS) is 1. The van der Waals surface area contributed by atoms with Gasteiger partial charge in [-0.25, -0.2) is 4.79 Å². The van der Waals surface area contributed by atoms with Crippen LogP contribution < -0.4 is 5.32 Å². The zero-order chi connectivity index (χ0) is 13.0. The van der Waals surface area contributed by atoms with Gasteiger partial charge in [0, 0.05) is 6.07 Å². The van der Waals surface area contributed by atoms with Crippen molar-refractivity contribution in [2.45, 2.75) is 13.0 Å². The van der Waals surface area contributed by atoms with E-state index in [-0.39, 0.29) is 16.9 Å². The fraction of sp³-hybridized carbons (Fsp3) is 0.182. The standard InChI is InChI=1S/C11H10N2O4/c1-3-7(2)12-10-8(11(14)15)5-4-6-9(10)13(16)17/h1,4-7,12H,2H3,(H,14,15). The molecule has 0 amide bonds. The lowest BCUT2D eigenvalue weighted by Gasteiger charge is -2.12. The van der Waals surface area contributed by atoms with Crippen LogP contribution in [0.5, 0.6) is 0 Å². The Hall–Kier alpha value is -2.55. The van der Waals surface area contributed by atoms with Gasteiger partial charge in [-0.15, -0.1) is 6.42 Å². The number of rotatable bonds is 4. The van der Waals surface area contributed by atoms with Crippen LogP contribution >= 0.6 is 0 Å². The maximum atomic E-state index is 11.0. The van der Waals surface area contributed by atoms with E-state index in [2.05, 4.69) is 11.2 Å². The Morgan fingerprint density at radius 3 is 2.76 bits per heavy atom. The summed E-state index contributed by atoms with van der Waals surface area (Å²) in [5.41, 5.74) is -0.566. The second kappa shape index (κ2) is 4.99. The number of terminal acetylenes is 1. The predicted octanol–water partition coefficient (Wildman–Crippen LogP) is 1.73. The Morgan fingerprint density at radius 2 is 2.29 bits per heavy atom. The van der Waals surface area contributed by atoms with Crippen molar-refractivity contribution in [2.75, 3.05) is 5.32 Å². The van der Waals surface area contributed by atoms with E-state index in [1.165, 1.54) is 18.2 Å². The molecule has 2 N–H and O–H groups in total. The Bertz CT molecular complexity index is 472. The maximum absolute atomic E-state index is 11.0. The third-order valence-electron chi connectivity index (χ3n) is 2.08. The van der Waals surface area contributed by atoms with E-state index in [0.717, 1.165) is 0 Å². The highest BCUT2D eigenvalue weighted by atomic mass is 16.6. The molecule has 1 aromatic rings. The summed E-state index contributed by atoms with van der Waals surface area (Å²) in [5, 5.41) is 22.4. The first-order valence-corrected chi connectivity index (χ1v) is 4.70. The molecule has 0 radical (unpaired) electrons. The molecular formula is C11H10N2O4. The number of para-hydroxylation sites is 1. The smallest absolute Gasteiger partial charge is 0.338 e. The molecule has 1 aromatic carbocycles. The summed E-state index contributed by atoms with van der Waals surface area (Å²) < 4.78 is 0. The highest BCUT2D eigenvalue weighted by molar-refractivity contribution is 5.97. The highest BCUT2D eigenvalue weighted by Crippen LogP contribution is 2.28. The van der Waals surface area contributed by atoms with Gasteiger partial charge in [-0.3, -0.25) is 10.1 Å². The summed E-state index contributed by atoms with van der Waals surface area (Å²) in [6.07, 6.45) is 5.14. The van der Waals surface area contributed by atoms with Crippen molar-refractivity contribution >= 4 is 17.3 Å². The minimum absolute atomic E-state index is 0.0737. The lowest BCUT2D eigenvalue weighted by Crippen LogP contribution is -2.16. The quantitative estimate of drug-likeness (QED) is 0.470. The Kier molecular flexibility index (Phi) is 3.67. The highest BCUT2D eigenvalue weighted by Gasteiger charge is 2.21. The van der Waals surface area contributed by atoms with Crippen LogP contribution in [-0.4, -0.2) is 22.0 Å². The summed E-state index contributed by atoms with van der Waals surface area (Å²) in [6, 6.07) is 3.31. The molecule has 0 aliphatic heterocycles. The van der Waals surface area contributed by atoms with Crippen LogP contribution in [0.15, 0.2) is 18.2 Å². The molecule has 0 aromatic heterocycles. The lowest BCUT2D eigenvalue weighted by atomic mass is 10.1. The molecule has 6 nitrogen and oxygen atoms in total. The average Bonchev–Trinajstić information content (AvgIpc) is 2.28. The van der Waals surface area contributed by atoms with Crippen molar-refractivity contribution in [3.05, 3.63) is 33.9 Å². The van der Waals surface area contributed by atoms with Crippen molar-refractivity contribution < 1.29 is 14.8 Å². The van der Waals surface area contributed by atoms with E-state index in [1.807, 2.05) is 0 Å². The molecule has 0 saturated carbocycles. The Balaban J connectivity index is 3.34. The number of nitro benzene ring substituents is 1. The minimum atomic E-state index is -1.25. The zero-order valence-electron chi connectivity index (χ0n) is 9.01. The maximum Gasteiger partial charge on any atom is 0.338 e. The van der Waals surface area contributed by atoms with Crippen LogP contribution in [0, 0.1) is 22.5 Å². The first-order valence-electron chi connectivity index (χ1n) is 4.70. The fourth-order valence-corrected chi connectivity index (χ4v) is 1.28. The first-order chi connectivity index (χ1) is 7.97. The number of nitrogens with one attached hydrogen (secondary N) is 1. The molecule has 0 bridgehead atoms. The zero-order valence-corrected chi connectivity index (χ0v) is 9.01. The molecule has 1 atom stereocenters. The van der Waals surface area contributed by atoms with Gasteiger partial charge in [0.1, 0.15) is 5.69 Å². The van der Waals surface area contributed by atoms with Gasteiger partial charge in [0.15, 0.2) is 0 Å². The molecule has 1 rings (SSSR count). The summed E-state index contributed by atoms with van der Waals surface area (Å²) in [5.74, 6) is 1.07. The van der Waals surface area contributed by atoms with Crippen molar-refractivity contribution in [3.8, 4) is 12.3 Å². The largest absolute Gasteiger partial charge is 0.478 e. The van der Waals surface area contributed by atoms with E-state index in [0.29, 0.717) is 0 Å². The van der Waals surface area contributed by atoms with Crippen molar-refractivity contribution in [1.29, 1.82) is 0 Å².